The number of hydrogen-bond acceptors (Lipinski definition) is 5. The molecule has 3 rings (SSSR count). The van der Waals surface area contributed by atoms with E-state index in [0.717, 1.165) is 23.6 Å². The topological polar surface area (TPSA) is 63.1 Å². The van der Waals surface area contributed by atoms with Gasteiger partial charge in [-0.05, 0) is 33.2 Å². The Morgan fingerprint density at radius 1 is 1.29 bits per heavy atom. The predicted octanol–water partition coefficient (Wildman–Crippen LogP) is 2.95. The zero-order valence-corrected chi connectivity index (χ0v) is 14.7. The molecule has 2 heterocycles. The van der Waals surface area contributed by atoms with Crippen LogP contribution in [0.2, 0.25) is 0 Å². The number of carbonyl (C=O) groups excluding carboxylic acids is 1. The number of nitrogens with zero attached hydrogens (tertiary/aromatic N) is 4. The van der Waals surface area contributed by atoms with Crippen LogP contribution in [0.1, 0.15) is 21.7 Å². The minimum Gasteiger partial charge on any atom is -0.304 e. The van der Waals surface area contributed by atoms with Gasteiger partial charge in [0.25, 0.3) is 5.91 Å². The Morgan fingerprint density at radius 3 is 2.75 bits per heavy atom. The van der Waals surface area contributed by atoms with Gasteiger partial charge in [0, 0.05) is 11.9 Å². The lowest BCUT2D eigenvalue weighted by molar-refractivity contribution is 0.102. The Kier molecular flexibility index (Phi) is 4.73. The molecule has 0 saturated carbocycles. The number of anilines is 1. The summed E-state index contributed by atoms with van der Waals surface area (Å²) in [5, 5.41) is 9.73. The molecule has 0 aliphatic rings. The number of benzene rings is 1. The number of carbonyl (C=O) groups is 1. The number of amides is 1. The zero-order chi connectivity index (χ0) is 17.1. The summed E-state index contributed by atoms with van der Waals surface area (Å²) < 4.78 is 1.76. The highest BCUT2D eigenvalue weighted by Gasteiger charge is 2.16. The second-order valence-corrected chi connectivity index (χ2v) is 6.59. The summed E-state index contributed by atoms with van der Waals surface area (Å²) >= 11 is 1.43. The van der Waals surface area contributed by atoms with Gasteiger partial charge in [0.1, 0.15) is 0 Å². The van der Waals surface area contributed by atoms with Gasteiger partial charge in [0.2, 0.25) is 0 Å². The van der Waals surface area contributed by atoms with E-state index in [1.54, 1.807) is 10.9 Å². The summed E-state index contributed by atoms with van der Waals surface area (Å²) in [4.78, 5) is 19.0. The summed E-state index contributed by atoms with van der Waals surface area (Å²) in [6.07, 6.45) is 1.59. The van der Waals surface area contributed by atoms with Crippen molar-refractivity contribution in [2.24, 2.45) is 0 Å². The third-order valence-corrected chi connectivity index (χ3v) is 4.31. The number of thiazole rings is 1. The van der Waals surface area contributed by atoms with Crippen LogP contribution < -0.4 is 5.32 Å². The maximum atomic E-state index is 12.5. The van der Waals surface area contributed by atoms with Gasteiger partial charge in [-0.1, -0.05) is 18.2 Å². The van der Waals surface area contributed by atoms with Crippen molar-refractivity contribution < 1.29 is 4.79 Å². The first-order chi connectivity index (χ1) is 11.5. The molecular weight excluding hydrogens is 322 g/mol. The highest BCUT2D eigenvalue weighted by molar-refractivity contribution is 7.13. The third-order valence-electron chi connectivity index (χ3n) is 3.51. The number of para-hydroxylation sites is 1. The molecule has 3 aromatic rings. The molecule has 0 unspecified atom stereocenters. The molecule has 6 nitrogen and oxygen atoms in total. The van der Waals surface area contributed by atoms with Gasteiger partial charge in [-0.25, -0.2) is 9.67 Å². The lowest BCUT2D eigenvalue weighted by atomic mass is 10.2. The van der Waals surface area contributed by atoms with Crippen molar-refractivity contribution in [3.8, 4) is 5.69 Å². The van der Waals surface area contributed by atoms with Gasteiger partial charge in [-0.3, -0.25) is 10.1 Å². The number of aromatic nitrogens is 3. The molecule has 1 amide bonds. The second-order valence-electron chi connectivity index (χ2n) is 5.73. The van der Waals surface area contributed by atoms with E-state index in [1.165, 1.54) is 11.3 Å². The van der Waals surface area contributed by atoms with Crippen molar-refractivity contribution in [3.05, 3.63) is 58.9 Å². The molecule has 0 aliphatic heterocycles. The van der Waals surface area contributed by atoms with Crippen molar-refractivity contribution in [2.45, 2.75) is 13.5 Å². The quantitative estimate of drug-likeness (QED) is 0.775. The maximum Gasteiger partial charge on any atom is 0.260 e. The fourth-order valence-electron chi connectivity index (χ4n) is 2.39. The summed E-state index contributed by atoms with van der Waals surface area (Å²) in [7, 11) is 3.97. The summed E-state index contributed by atoms with van der Waals surface area (Å²) in [5.74, 6) is -0.194. The smallest absolute Gasteiger partial charge is 0.260 e. The van der Waals surface area contributed by atoms with Crippen LogP contribution in [-0.2, 0) is 6.54 Å². The predicted molar refractivity (Wildman–Crippen MR) is 95.8 cm³/mol. The van der Waals surface area contributed by atoms with Gasteiger partial charge >= 0.3 is 0 Å². The molecule has 7 heteroatoms. The molecular formula is C17H19N5OS. The van der Waals surface area contributed by atoms with E-state index in [9.17, 15) is 4.79 Å². The van der Waals surface area contributed by atoms with Crippen LogP contribution in [0, 0.1) is 6.92 Å². The lowest BCUT2D eigenvalue weighted by Gasteiger charge is -2.06. The van der Waals surface area contributed by atoms with E-state index in [0.29, 0.717) is 10.7 Å². The standard InChI is InChI=1S/C17H19N5OS/c1-12-15(9-18-22(12)14-7-5-4-6-8-14)16(23)20-17-19-13(11-24-17)10-21(2)3/h4-9,11H,10H2,1-3H3,(H,19,20,23). The van der Waals surface area contributed by atoms with Gasteiger partial charge in [-0.2, -0.15) is 5.10 Å². The van der Waals surface area contributed by atoms with Gasteiger partial charge < -0.3 is 4.90 Å². The van der Waals surface area contributed by atoms with E-state index < -0.39 is 0 Å². The average Bonchev–Trinajstić information content (AvgIpc) is 3.14. The van der Waals surface area contributed by atoms with Gasteiger partial charge in [-0.15, -0.1) is 11.3 Å². The first kappa shape index (κ1) is 16.4. The highest BCUT2D eigenvalue weighted by atomic mass is 32.1. The van der Waals surface area contributed by atoms with Crippen LogP contribution in [0.4, 0.5) is 5.13 Å². The van der Waals surface area contributed by atoms with Crippen LogP contribution in [0.25, 0.3) is 5.69 Å². The van der Waals surface area contributed by atoms with Crippen molar-refractivity contribution in [3.63, 3.8) is 0 Å². The summed E-state index contributed by atoms with van der Waals surface area (Å²) in [5.41, 5.74) is 3.21. The van der Waals surface area contributed by atoms with Crippen LogP contribution in [0.5, 0.6) is 0 Å². The van der Waals surface area contributed by atoms with Gasteiger partial charge in [0.05, 0.1) is 28.8 Å². The fraction of sp³-hybridized carbons (Fsp3) is 0.235. The molecule has 0 atom stereocenters. The number of nitrogens with one attached hydrogen (secondary N) is 1. The van der Waals surface area contributed by atoms with Crippen molar-refractivity contribution in [1.82, 2.24) is 19.7 Å². The Bertz CT molecular complexity index is 838. The fourth-order valence-corrected chi connectivity index (χ4v) is 3.08. The molecule has 2 aromatic heterocycles. The molecule has 0 spiro atoms. The molecule has 0 radical (unpaired) electrons. The van der Waals surface area contributed by atoms with Crippen molar-refractivity contribution >= 4 is 22.4 Å². The minimum absolute atomic E-state index is 0.194. The van der Waals surface area contributed by atoms with E-state index >= 15 is 0 Å². The number of rotatable bonds is 5. The van der Waals surface area contributed by atoms with E-state index in [4.69, 9.17) is 0 Å². The first-order valence-electron chi connectivity index (χ1n) is 7.55. The van der Waals surface area contributed by atoms with Crippen molar-refractivity contribution in [1.29, 1.82) is 0 Å². The molecule has 124 valence electrons. The molecule has 0 aliphatic carbocycles. The number of hydrogen-bond donors (Lipinski definition) is 1. The molecule has 24 heavy (non-hydrogen) atoms. The minimum atomic E-state index is -0.194. The van der Waals surface area contributed by atoms with Crippen LogP contribution >= 0.6 is 11.3 Å². The lowest BCUT2D eigenvalue weighted by Crippen LogP contribution is -2.14. The van der Waals surface area contributed by atoms with Crippen LogP contribution in [0.3, 0.4) is 0 Å². The Balaban J connectivity index is 1.76. The zero-order valence-electron chi connectivity index (χ0n) is 13.9. The van der Waals surface area contributed by atoms with Crippen LogP contribution in [-0.4, -0.2) is 39.7 Å². The summed E-state index contributed by atoms with van der Waals surface area (Å²) in [6.45, 7) is 2.63. The van der Waals surface area contributed by atoms with E-state index in [-0.39, 0.29) is 5.91 Å². The van der Waals surface area contributed by atoms with E-state index in [2.05, 4.69) is 15.4 Å². The van der Waals surface area contributed by atoms with Gasteiger partial charge in [0.15, 0.2) is 5.13 Å². The maximum absolute atomic E-state index is 12.5. The molecule has 1 N–H and O–H groups in total. The normalized spacial score (nSPS) is 11.0. The highest BCUT2D eigenvalue weighted by Crippen LogP contribution is 2.19. The molecule has 1 aromatic carbocycles. The first-order valence-corrected chi connectivity index (χ1v) is 8.43. The van der Waals surface area contributed by atoms with Crippen LogP contribution in [0.15, 0.2) is 41.9 Å². The average molecular weight is 341 g/mol. The van der Waals surface area contributed by atoms with Crippen molar-refractivity contribution in [2.75, 3.05) is 19.4 Å². The van der Waals surface area contributed by atoms with E-state index in [1.807, 2.05) is 61.6 Å². The monoisotopic (exact) mass is 341 g/mol. The molecule has 0 fully saturated rings. The Labute approximate surface area is 144 Å². The third kappa shape index (κ3) is 3.52. The summed E-state index contributed by atoms with van der Waals surface area (Å²) in [6, 6.07) is 9.74. The molecule has 0 bridgehead atoms. The molecule has 0 saturated heterocycles. The Hall–Kier alpha value is -2.51. The SMILES string of the molecule is Cc1c(C(=O)Nc2nc(CN(C)C)cs2)cnn1-c1ccccc1. The second kappa shape index (κ2) is 6.94. The largest absolute Gasteiger partial charge is 0.304 e. The Morgan fingerprint density at radius 2 is 2.04 bits per heavy atom.